The lowest BCUT2D eigenvalue weighted by atomic mass is 9.91. The first-order valence-corrected chi connectivity index (χ1v) is 15.3. The van der Waals surface area contributed by atoms with Crippen LogP contribution in [0.4, 0.5) is 35.1 Å². The van der Waals surface area contributed by atoms with Gasteiger partial charge >= 0.3 is 24.6 Å². The van der Waals surface area contributed by atoms with Crippen molar-refractivity contribution >= 4 is 11.3 Å². The molecule has 1 saturated heterocycles. The van der Waals surface area contributed by atoms with Gasteiger partial charge in [-0.15, -0.1) is 11.3 Å². The van der Waals surface area contributed by atoms with E-state index in [0.29, 0.717) is 18.4 Å². The molecule has 20 heteroatoms. The first-order chi connectivity index (χ1) is 22.9. The summed E-state index contributed by atoms with van der Waals surface area (Å²) in [6.45, 7) is -3.89. The predicted molar refractivity (Wildman–Crippen MR) is 151 cm³/mol. The van der Waals surface area contributed by atoms with Crippen LogP contribution >= 0.6 is 11.3 Å². The van der Waals surface area contributed by atoms with Crippen molar-refractivity contribution in [3.05, 3.63) is 63.7 Å². The molecule has 0 amide bonds. The summed E-state index contributed by atoms with van der Waals surface area (Å²) in [6.07, 6.45) is -15.2. The van der Waals surface area contributed by atoms with Crippen molar-refractivity contribution in [3.63, 3.8) is 0 Å². The number of ether oxygens (including phenoxy) is 4. The molecule has 2 aromatic heterocycles. The fourth-order valence-corrected chi connectivity index (χ4v) is 6.13. The quantitative estimate of drug-likeness (QED) is 0.173. The molecule has 2 unspecified atom stereocenters. The highest BCUT2D eigenvalue weighted by molar-refractivity contribution is 7.11. The van der Waals surface area contributed by atoms with E-state index >= 15 is 0 Å². The molecule has 1 aliphatic heterocycles. The highest BCUT2D eigenvalue weighted by Gasteiger charge is 2.73. The lowest BCUT2D eigenvalue weighted by Gasteiger charge is -2.40. The number of hydrogen-bond donors (Lipinski definition) is 5. The molecule has 5 rings (SSSR count). The van der Waals surface area contributed by atoms with Gasteiger partial charge < -0.3 is 45.1 Å². The van der Waals surface area contributed by atoms with Crippen LogP contribution in [0.15, 0.2) is 42.7 Å². The Morgan fingerprint density at radius 1 is 0.939 bits per heavy atom. The second kappa shape index (κ2) is 14.1. The summed E-state index contributed by atoms with van der Waals surface area (Å²) in [7, 11) is 0. The van der Waals surface area contributed by atoms with Crippen molar-refractivity contribution in [1.82, 2.24) is 9.97 Å². The lowest BCUT2D eigenvalue weighted by molar-refractivity contribution is -0.376. The van der Waals surface area contributed by atoms with E-state index in [1.54, 1.807) is 0 Å². The number of aliphatic hydroxyl groups excluding tert-OH is 3. The monoisotopic (exact) mass is 731 g/mol. The molecule has 3 aromatic rings. The van der Waals surface area contributed by atoms with Gasteiger partial charge in [-0.2, -0.15) is 35.1 Å². The molecule has 6 N–H and O–H groups in total. The second-order valence-corrected chi connectivity index (χ2v) is 12.4. The Kier molecular flexibility index (Phi) is 10.6. The van der Waals surface area contributed by atoms with Gasteiger partial charge in [-0.3, -0.25) is 0 Å². The lowest BCUT2D eigenvalue weighted by Crippen LogP contribution is -2.63. The Morgan fingerprint density at radius 3 is 2.20 bits per heavy atom. The number of benzene rings is 1. The minimum atomic E-state index is -6.18. The zero-order valence-corrected chi connectivity index (χ0v) is 25.6. The summed E-state index contributed by atoms with van der Waals surface area (Å²) in [5, 5.41) is 37.8. The highest BCUT2D eigenvalue weighted by atomic mass is 32.1. The van der Waals surface area contributed by atoms with E-state index < -0.39 is 72.7 Å². The Labute approximate surface area is 275 Å². The smallest absolute Gasteiger partial charge is 0.433 e. The Balaban J connectivity index is 1.48. The number of nitrogens with zero attached hydrogens (tertiary/aromatic N) is 2. The maximum absolute atomic E-state index is 13.6. The fraction of sp³-hybridized carbons (Fsp3) is 0.517. The average Bonchev–Trinajstić information content (AvgIpc) is 3.71. The number of rotatable bonds is 12. The van der Waals surface area contributed by atoms with E-state index in [1.165, 1.54) is 30.5 Å². The minimum absolute atomic E-state index is 0.0412. The first kappa shape index (κ1) is 36.9. The molecule has 0 bridgehead atoms. The normalized spacial score (nSPS) is 24.2. The van der Waals surface area contributed by atoms with Gasteiger partial charge in [-0.05, 0) is 42.5 Å². The summed E-state index contributed by atoms with van der Waals surface area (Å²) >= 11 is -0.0412. The van der Waals surface area contributed by atoms with Gasteiger partial charge in [0.15, 0.2) is 11.5 Å². The van der Waals surface area contributed by atoms with Crippen molar-refractivity contribution in [2.75, 3.05) is 6.61 Å². The van der Waals surface area contributed by atoms with Crippen molar-refractivity contribution in [3.8, 4) is 17.4 Å². The van der Waals surface area contributed by atoms with Gasteiger partial charge in [-0.1, -0.05) is 12.1 Å². The Bertz CT molecular complexity index is 1560. The summed E-state index contributed by atoms with van der Waals surface area (Å²) in [5.74, 6) is -1.65. The van der Waals surface area contributed by atoms with Gasteiger partial charge in [0, 0.05) is 29.3 Å². The molecular weight excluding hydrogens is 702 g/mol. The highest BCUT2D eigenvalue weighted by Crippen LogP contribution is 2.52. The van der Waals surface area contributed by atoms with E-state index in [4.69, 9.17) is 19.9 Å². The molecule has 11 nitrogen and oxygen atoms in total. The van der Waals surface area contributed by atoms with Crippen LogP contribution in [0.2, 0.25) is 0 Å². The van der Waals surface area contributed by atoms with E-state index in [0.717, 1.165) is 12.3 Å². The van der Waals surface area contributed by atoms with Gasteiger partial charge in [0.25, 0.3) is 0 Å². The molecule has 1 aliphatic carbocycles. The minimum Gasteiger partial charge on any atom is -0.487 e. The van der Waals surface area contributed by atoms with Crippen molar-refractivity contribution < 1.29 is 74.5 Å². The fourth-order valence-electron chi connectivity index (χ4n) is 4.96. The summed E-state index contributed by atoms with van der Waals surface area (Å²) in [6, 6.07) is 5.20. The molecule has 6 atom stereocenters. The summed E-state index contributed by atoms with van der Waals surface area (Å²) < 4.78 is 129. The SMILES string of the molecule is N[C@H]1C(O)[C@H](O)C(CO)O[C@H]1Oc1ccc(C[C@@H](c2ccc(OC(F)F)c(OC3CC3)c2)c2cnc(C(O)(C(F)(F)F)C(F)(F)F)s2)cn1. The van der Waals surface area contributed by atoms with Crippen LogP contribution in [0.3, 0.4) is 0 Å². The summed E-state index contributed by atoms with van der Waals surface area (Å²) in [5.41, 5.74) is 1.16. The molecule has 270 valence electrons. The van der Waals surface area contributed by atoms with Gasteiger partial charge in [-0.25, -0.2) is 9.97 Å². The number of aromatic nitrogens is 2. The van der Waals surface area contributed by atoms with Crippen LogP contribution in [0.5, 0.6) is 17.4 Å². The maximum atomic E-state index is 13.6. The second-order valence-electron chi connectivity index (χ2n) is 11.3. The number of hydrogen-bond acceptors (Lipinski definition) is 12. The molecule has 2 aliphatic rings. The van der Waals surface area contributed by atoms with E-state index in [1.807, 2.05) is 0 Å². The van der Waals surface area contributed by atoms with Crippen LogP contribution in [-0.2, 0) is 16.8 Å². The maximum Gasteiger partial charge on any atom is 0.433 e. The Hall–Kier alpha value is -3.40. The Morgan fingerprint density at radius 2 is 1.63 bits per heavy atom. The average molecular weight is 732 g/mol. The summed E-state index contributed by atoms with van der Waals surface area (Å²) in [4.78, 5) is 7.27. The largest absolute Gasteiger partial charge is 0.487 e. The van der Waals surface area contributed by atoms with Gasteiger partial charge in [0.1, 0.15) is 23.3 Å². The zero-order chi connectivity index (χ0) is 35.9. The van der Waals surface area contributed by atoms with Crippen LogP contribution in [0, 0.1) is 0 Å². The van der Waals surface area contributed by atoms with Gasteiger partial charge in [0.2, 0.25) is 12.2 Å². The molecule has 0 spiro atoms. The van der Waals surface area contributed by atoms with Crippen molar-refractivity contribution in [2.45, 2.75) is 86.5 Å². The van der Waals surface area contributed by atoms with Crippen LogP contribution < -0.4 is 19.9 Å². The van der Waals surface area contributed by atoms with Crippen LogP contribution in [0.1, 0.15) is 39.8 Å². The number of halogens is 8. The van der Waals surface area contributed by atoms with Crippen LogP contribution in [0.25, 0.3) is 0 Å². The molecule has 1 saturated carbocycles. The topological polar surface area (TPSA) is 170 Å². The predicted octanol–water partition coefficient (Wildman–Crippen LogP) is 3.51. The molecule has 49 heavy (non-hydrogen) atoms. The third-order valence-corrected chi connectivity index (χ3v) is 9.02. The van der Waals surface area contributed by atoms with Crippen molar-refractivity contribution in [1.29, 1.82) is 0 Å². The van der Waals surface area contributed by atoms with E-state index in [2.05, 4.69) is 14.7 Å². The van der Waals surface area contributed by atoms with E-state index in [9.17, 15) is 55.5 Å². The molecule has 1 aromatic carbocycles. The molecule has 3 heterocycles. The van der Waals surface area contributed by atoms with Gasteiger partial charge in [0.05, 0.1) is 18.8 Å². The first-order valence-electron chi connectivity index (χ1n) is 14.5. The molecular formula is C29H29F8N3O8S. The number of thiazole rings is 1. The third kappa shape index (κ3) is 7.84. The third-order valence-electron chi connectivity index (χ3n) is 7.80. The number of nitrogens with two attached hydrogens (primary N) is 1. The zero-order valence-electron chi connectivity index (χ0n) is 24.8. The standard InChI is InChI=1S/C29H29F8N3O8S/c30-26(31)47-16-5-2-13(8-17(16)45-14-3-4-14)15(19-10-40-25(49-19)27(44,28(32,33)34)29(35,36)37)7-12-1-6-20(39-9-12)48-24-21(38)23(43)22(42)18(11-41)46-24/h1-2,5-6,8-10,14-15,18,21-24,26,41-44H,3-4,7,11,38H2/t15-,18?,21-,22+,23?,24-/m0/s1. The van der Waals surface area contributed by atoms with Crippen LogP contribution in [-0.4, -0.2) is 92.7 Å². The van der Waals surface area contributed by atoms with Crippen molar-refractivity contribution in [2.24, 2.45) is 5.73 Å². The molecule has 0 radical (unpaired) electrons. The van der Waals surface area contributed by atoms with E-state index in [-0.39, 0.29) is 51.7 Å². The number of aliphatic hydroxyl groups is 4. The number of pyridine rings is 1. The number of alkyl halides is 8. The molecule has 2 fully saturated rings.